The quantitative estimate of drug-likeness (QED) is 0.787. The number of carbonyl (C=O) groups excluding carboxylic acids is 1. The monoisotopic (exact) mass is 248 g/mol. The highest BCUT2D eigenvalue weighted by Gasteiger charge is 2.18. The number of rotatable bonds is 6. The molecule has 0 aliphatic carbocycles. The molecule has 3 nitrogen and oxygen atoms in total. The summed E-state index contributed by atoms with van der Waals surface area (Å²) in [4.78, 5) is 11.6. The van der Waals surface area contributed by atoms with Gasteiger partial charge in [-0.1, -0.05) is 31.5 Å². The van der Waals surface area contributed by atoms with Crippen molar-refractivity contribution in [2.45, 2.75) is 32.1 Å². The first-order chi connectivity index (χ1) is 8.69. The lowest BCUT2D eigenvalue weighted by atomic mass is 9.96. The summed E-state index contributed by atoms with van der Waals surface area (Å²) < 4.78 is 13.5. The topological polar surface area (TPSA) is 52.9 Å². The van der Waals surface area contributed by atoms with Gasteiger partial charge in [0.05, 0.1) is 12.0 Å². The Morgan fingerprint density at radius 3 is 2.83 bits per heavy atom. The highest BCUT2D eigenvalue weighted by atomic mass is 19.1. The molecule has 1 amide bonds. The number of carbonyl (C=O) groups is 1. The number of halogens is 1. The molecule has 0 aromatic heterocycles. The fourth-order valence-corrected chi connectivity index (χ4v) is 1.64. The SMILES string of the molecule is CCCCNC(=O)CC(C#N)c1ccccc1F. The summed E-state index contributed by atoms with van der Waals surface area (Å²) in [5, 5.41) is 11.8. The van der Waals surface area contributed by atoms with Crippen LogP contribution >= 0.6 is 0 Å². The molecule has 0 bridgehead atoms. The Hall–Kier alpha value is -1.89. The first kappa shape index (κ1) is 14.2. The van der Waals surface area contributed by atoms with Crippen LogP contribution in [0.5, 0.6) is 0 Å². The van der Waals surface area contributed by atoms with Crippen molar-refractivity contribution in [1.82, 2.24) is 5.32 Å². The Labute approximate surface area is 107 Å². The molecule has 0 spiro atoms. The van der Waals surface area contributed by atoms with E-state index in [0.29, 0.717) is 6.54 Å². The molecule has 1 N–H and O–H groups in total. The molecule has 96 valence electrons. The smallest absolute Gasteiger partial charge is 0.221 e. The minimum Gasteiger partial charge on any atom is -0.356 e. The van der Waals surface area contributed by atoms with E-state index in [9.17, 15) is 9.18 Å². The minimum absolute atomic E-state index is 0.00114. The lowest BCUT2D eigenvalue weighted by Crippen LogP contribution is -2.25. The summed E-state index contributed by atoms with van der Waals surface area (Å²) in [7, 11) is 0. The molecule has 0 aliphatic heterocycles. The second-order valence-corrected chi connectivity index (χ2v) is 4.11. The van der Waals surface area contributed by atoms with E-state index in [1.54, 1.807) is 18.2 Å². The van der Waals surface area contributed by atoms with Crippen LogP contribution in [0.15, 0.2) is 24.3 Å². The Morgan fingerprint density at radius 2 is 2.22 bits per heavy atom. The average molecular weight is 248 g/mol. The fourth-order valence-electron chi connectivity index (χ4n) is 1.64. The second kappa shape index (κ2) is 7.44. The van der Waals surface area contributed by atoms with E-state index in [2.05, 4.69) is 5.32 Å². The number of hydrogen-bond acceptors (Lipinski definition) is 2. The molecule has 0 heterocycles. The molecule has 0 fully saturated rings. The van der Waals surface area contributed by atoms with Crippen molar-refractivity contribution in [3.63, 3.8) is 0 Å². The minimum atomic E-state index is -0.729. The van der Waals surface area contributed by atoms with E-state index >= 15 is 0 Å². The van der Waals surface area contributed by atoms with Gasteiger partial charge in [-0.2, -0.15) is 5.26 Å². The molecule has 0 saturated carbocycles. The maximum absolute atomic E-state index is 13.5. The van der Waals surface area contributed by atoms with Crippen LogP contribution in [0, 0.1) is 17.1 Å². The molecule has 1 aromatic rings. The van der Waals surface area contributed by atoms with Gasteiger partial charge < -0.3 is 5.32 Å². The van der Waals surface area contributed by atoms with E-state index in [4.69, 9.17) is 5.26 Å². The van der Waals surface area contributed by atoms with Crippen LogP contribution in [0.25, 0.3) is 0 Å². The molecule has 0 radical (unpaired) electrons. The number of nitrogens with zero attached hydrogens (tertiary/aromatic N) is 1. The van der Waals surface area contributed by atoms with Crippen molar-refractivity contribution in [3.05, 3.63) is 35.6 Å². The number of amides is 1. The average Bonchev–Trinajstić information content (AvgIpc) is 2.37. The van der Waals surface area contributed by atoms with Crippen LogP contribution in [0.4, 0.5) is 4.39 Å². The van der Waals surface area contributed by atoms with Gasteiger partial charge in [0.15, 0.2) is 0 Å². The van der Waals surface area contributed by atoms with E-state index in [1.165, 1.54) is 6.07 Å². The second-order valence-electron chi connectivity index (χ2n) is 4.11. The molecular weight excluding hydrogens is 231 g/mol. The van der Waals surface area contributed by atoms with Crippen LogP contribution in [0.3, 0.4) is 0 Å². The molecule has 1 atom stereocenters. The Balaban J connectivity index is 2.61. The van der Waals surface area contributed by atoms with Crippen molar-refractivity contribution < 1.29 is 9.18 Å². The van der Waals surface area contributed by atoms with Gasteiger partial charge in [-0.3, -0.25) is 4.79 Å². The molecule has 1 unspecified atom stereocenters. The molecule has 0 saturated heterocycles. The largest absolute Gasteiger partial charge is 0.356 e. The third-order valence-electron chi connectivity index (χ3n) is 2.68. The van der Waals surface area contributed by atoms with Crippen LogP contribution in [-0.4, -0.2) is 12.5 Å². The third-order valence-corrected chi connectivity index (χ3v) is 2.68. The van der Waals surface area contributed by atoms with Gasteiger partial charge >= 0.3 is 0 Å². The predicted octanol–water partition coefficient (Wildman–Crippen LogP) is 2.74. The standard InChI is InChI=1S/C14H17FN2O/c1-2-3-8-17-14(18)9-11(10-16)12-6-4-5-7-13(12)15/h4-7,11H,2-3,8-9H2,1H3,(H,17,18). The van der Waals surface area contributed by atoms with Gasteiger partial charge in [0.1, 0.15) is 5.82 Å². The molecule has 1 aromatic carbocycles. The van der Waals surface area contributed by atoms with E-state index in [1.807, 2.05) is 13.0 Å². The molecular formula is C14H17FN2O. The van der Waals surface area contributed by atoms with Gasteiger partial charge in [0.2, 0.25) is 5.91 Å². The first-order valence-corrected chi connectivity index (χ1v) is 6.09. The van der Waals surface area contributed by atoms with Gasteiger partial charge in [-0.25, -0.2) is 4.39 Å². The van der Waals surface area contributed by atoms with Gasteiger partial charge in [0.25, 0.3) is 0 Å². The van der Waals surface area contributed by atoms with E-state index < -0.39 is 11.7 Å². The zero-order valence-electron chi connectivity index (χ0n) is 10.4. The third kappa shape index (κ3) is 4.17. The van der Waals surface area contributed by atoms with Crippen molar-refractivity contribution in [3.8, 4) is 6.07 Å². The lowest BCUT2D eigenvalue weighted by Gasteiger charge is -2.10. The normalized spacial score (nSPS) is 11.6. The van der Waals surface area contributed by atoms with Crippen LogP contribution in [0.2, 0.25) is 0 Å². The summed E-state index contributed by atoms with van der Waals surface area (Å²) in [5.41, 5.74) is 0.283. The number of benzene rings is 1. The van der Waals surface area contributed by atoms with E-state index in [-0.39, 0.29) is 17.9 Å². The zero-order valence-corrected chi connectivity index (χ0v) is 10.4. The number of hydrogen-bond donors (Lipinski definition) is 1. The van der Waals surface area contributed by atoms with Crippen LogP contribution in [0.1, 0.15) is 37.7 Å². The summed E-state index contributed by atoms with van der Waals surface area (Å²) in [6, 6.07) is 8.05. The Morgan fingerprint density at radius 1 is 1.50 bits per heavy atom. The maximum atomic E-state index is 13.5. The predicted molar refractivity (Wildman–Crippen MR) is 67.3 cm³/mol. The van der Waals surface area contributed by atoms with Gasteiger partial charge in [0, 0.05) is 18.5 Å². The number of nitriles is 1. The molecule has 18 heavy (non-hydrogen) atoms. The number of nitrogens with one attached hydrogen (secondary N) is 1. The van der Waals surface area contributed by atoms with Gasteiger partial charge in [-0.05, 0) is 12.5 Å². The molecule has 4 heteroatoms. The summed E-state index contributed by atoms with van der Waals surface area (Å²) in [5.74, 6) is -1.38. The summed E-state index contributed by atoms with van der Waals surface area (Å²) in [6.45, 7) is 2.63. The van der Waals surface area contributed by atoms with Crippen LogP contribution in [-0.2, 0) is 4.79 Å². The van der Waals surface area contributed by atoms with E-state index in [0.717, 1.165) is 12.8 Å². The highest BCUT2D eigenvalue weighted by molar-refractivity contribution is 5.77. The molecule has 0 aliphatic rings. The Bertz CT molecular complexity index is 440. The van der Waals surface area contributed by atoms with Crippen LogP contribution < -0.4 is 5.32 Å². The fraction of sp³-hybridized carbons (Fsp3) is 0.429. The summed E-state index contributed by atoms with van der Waals surface area (Å²) >= 11 is 0. The zero-order chi connectivity index (χ0) is 13.4. The van der Waals surface area contributed by atoms with Crippen molar-refractivity contribution in [2.24, 2.45) is 0 Å². The first-order valence-electron chi connectivity index (χ1n) is 6.09. The maximum Gasteiger partial charge on any atom is 0.221 e. The highest BCUT2D eigenvalue weighted by Crippen LogP contribution is 2.21. The summed E-state index contributed by atoms with van der Waals surface area (Å²) in [6.07, 6.45) is 1.90. The lowest BCUT2D eigenvalue weighted by molar-refractivity contribution is -0.121. The van der Waals surface area contributed by atoms with Crippen molar-refractivity contribution >= 4 is 5.91 Å². The van der Waals surface area contributed by atoms with Crippen molar-refractivity contribution in [1.29, 1.82) is 5.26 Å². The Kier molecular flexibility index (Phi) is 5.86. The number of unbranched alkanes of at least 4 members (excludes halogenated alkanes) is 1. The molecule has 1 rings (SSSR count). The van der Waals surface area contributed by atoms with Crippen molar-refractivity contribution in [2.75, 3.05) is 6.54 Å². The van der Waals surface area contributed by atoms with Gasteiger partial charge in [-0.15, -0.1) is 0 Å².